The molecule has 3 rings (SSSR count). The summed E-state index contributed by atoms with van der Waals surface area (Å²) in [7, 11) is 0. The van der Waals surface area contributed by atoms with E-state index in [2.05, 4.69) is 27.3 Å². The highest BCUT2D eigenvalue weighted by atomic mass is 35.5. The van der Waals surface area contributed by atoms with E-state index in [-0.39, 0.29) is 5.91 Å². The molecule has 0 unspecified atom stereocenters. The van der Waals surface area contributed by atoms with Crippen molar-refractivity contribution in [1.82, 2.24) is 20.4 Å². The normalized spacial score (nSPS) is 14.4. The number of aromatic nitrogens is 2. The van der Waals surface area contributed by atoms with E-state index in [1.54, 1.807) is 0 Å². The van der Waals surface area contributed by atoms with Gasteiger partial charge >= 0.3 is 0 Å². The Morgan fingerprint density at radius 1 is 1.11 bits per heavy atom. The number of anilines is 1. The van der Waals surface area contributed by atoms with E-state index in [9.17, 15) is 4.79 Å². The molecule has 1 aliphatic rings. The molecular weight excluding hydrogens is 362 g/mol. The molecule has 1 fully saturated rings. The van der Waals surface area contributed by atoms with Crippen LogP contribution in [0.1, 0.15) is 19.8 Å². The third kappa shape index (κ3) is 5.17. The van der Waals surface area contributed by atoms with Gasteiger partial charge in [-0.25, -0.2) is 0 Å². The van der Waals surface area contributed by atoms with E-state index < -0.39 is 0 Å². The highest BCUT2D eigenvalue weighted by Gasteiger charge is 2.21. The van der Waals surface area contributed by atoms with Gasteiger partial charge < -0.3 is 15.1 Å². The molecule has 2 aromatic rings. The van der Waals surface area contributed by atoms with Gasteiger partial charge in [-0.3, -0.25) is 4.79 Å². The van der Waals surface area contributed by atoms with Crippen LogP contribution in [0.15, 0.2) is 36.4 Å². The lowest BCUT2D eigenvalue weighted by molar-refractivity contribution is -0.130. The predicted molar refractivity (Wildman–Crippen MR) is 109 cm³/mol. The highest BCUT2D eigenvalue weighted by molar-refractivity contribution is 6.33. The van der Waals surface area contributed by atoms with Crippen molar-refractivity contribution in [3.63, 3.8) is 0 Å². The van der Waals surface area contributed by atoms with E-state index in [0.29, 0.717) is 24.7 Å². The van der Waals surface area contributed by atoms with Crippen LogP contribution < -0.4 is 10.2 Å². The molecule has 0 aliphatic carbocycles. The van der Waals surface area contributed by atoms with Crippen molar-refractivity contribution in [3.05, 3.63) is 41.4 Å². The summed E-state index contributed by atoms with van der Waals surface area (Å²) < 4.78 is 0. The summed E-state index contributed by atoms with van der Waals surface area (Å²) in [5.74, 6) is 1.00. The number of nitrogens with one attached hydrogen (secondary N) is 1. The van der Waals surface area contributed by atoms with Crippen LogP contribution in [-0.2, 0) is 4.79 Å². The van der Waals surface area contributed by atoms with Crippen LogP contribution in [0.3, 0.4) is 0 Å². The van der Waals surface area contributed by atoms with Gasteiger partial charge in [-0.1, -0.05) is 43.1 Å². The minimum Gasteiger partial charge on any atom is -0.352 e. The van der Waals surface area contributed by atoms with E-state index in [4.69, 9.17) is 11.6 Å². The number of nitrogens with zero attached hydrogens (tertiary/aromatic N) is 4. The second kappa shape index (κ2) is 9.67. The smallest absolute Gasteiger partial charge is 0.236 e. The molecule has 1 aliphatic heterocycles. The maximum absolute atomic E-state index is 12.2. The Balaban J connectivity index is 1.52. The number of benzene rings is 1. The molecule has 0 atom stereocenters. The van der Waals surface area contributed by atoms with Gasteiger partial charge in [0.2, 0.25) is 5.91 Å². The quantitative estimate of drug-likeness (QED) is 0.740. The minimum absolute atomic E-state index is 0.172. The number of amides is 1. The van der Waals surface area contributed by atoms with Gasteiger partial charge in [0.1, 0.15) is 0 Å². The summed E-state index contributed by atoms with van der Waals surface area (Å²) in [6, 6.07) is 11.5. The molecule has 0 saturated carbocycles. The van der Waals surface area contributed by atoms with Crippen LogP contribution in [0.5, 0.6) is 0 Å². The first-order valence-corrected chi connectivity index (χ1v) is 9.89. The molecule has 0 radical (unpaired) electrons. The molecule has 1 aromatic carbocycles. The summed E-state index contributed by atoms with van der Waals surface area (Å²) in [5, 5.41) is 12.6. The molecule has 1 aromatic heterocycles. The van der Waals surface area contributed by atoms with Gasteiger partial charge in [-0.15, -0.1) is 10.2 Å². The minimum atomic E-state index is 0.172. The number of rotatable bonds is 7. The lowest BCUT2D eigenvalue weighted by atomic mass is 10.1. The number of halogens is 1. The van der Waals surface area contributed by atoms with Crippen molar-refractivity contribution >= 4 is 23.3 Å². The summed E-state index contributed by atoms with van der Waals surface area (Å²) in [6.07, 6.45) is 2.24. The zero-order chi connectivity index (χ0) is 19.1. The molecule has 6 nitrogen and oxygen atoms in total. The molecule has 27 heavy (non-hydrogen) atoms. The van der Waals surface area contributed by atoms with Crippen molar-refractivity contribution in [2.24, 2.45) is 0 Å². The fraction of sp³-hybridized carbons (Fsp3) is 0.450. The molecule has 7 heteroatoms. The van der Waals surface area contributed by atoms with Crippen LogP contribution in [0, 0.1) is 0 Å². The average Bonchev–Trinajstić information content (AvgIpc) is 2.72. The number of hydrogen-bond acceptors (Lipinski definition) is 5. The molecule has 144 valence electrons. The Labute approximate surface area is 165 Å². The molecule has 2 heterocycles. The van der Waals surface area contributed by atoms with Crippen LogP contribution in [-0.4, -0.2) is 60.3 Å². The average molecular weight is 388 g/mol. The number of unbranched alkanes of at least 4 members (excludes halogenated alkanes) is 1. The van der Waals surface area contributed by atoms with Crippen molar-refractivity contribution in [1.29, 1.82) is 0 Å². The second-order valence-corrected chi connectivity index (χ2v) is 7.06. The zero-order valence-electron chi connectivity index (χ0n) is 15.7. The molecule has 0 bridgehead atoms. The van der Waals surface area contributed by atoms with Crippen LogP contribution in [0.2, 0.25) is 5.02 Å². The summed E-state index contributed by atoms with van der Waals surface area (Å²) in [5.41, 5.74) is 1.64. The third-order valence-corrected chi connectivity index (χ3v) is 5.07. The summed E-state index contributed by atoms with van der Waals surface area (Å²) in [4.78, 5) is 16.3. The second-order valence-electron chi connectivity index (χ2n) is 6.65. The van der Waals surface area contributed by atoms with Gasteiger partial charge in [0.25, 0.3) is 0 Å². The van der Waals surface area contributed by atoms with Gasteiger partial charge in [-0.2, -0.15) is 0 Å². The predicted octanol–water partition coefficient (Wildman–Crippen LogP) is 2.84. The number of piperazine rings is 1. The summed E-state index contributed by atoms with van der Waals surface area (Å²) >= 11 is 6.23. The first kappa shape index (κ1) is 19.6. The van der Waals surface area contributed by atoms with E-state index in [1.807, 2.05) is 41.3 Å². The molecule has 1 saturated heterocycles. The van der Waals surface area contributed by atoms with Gasteiger partial charge in [0.05, 0.1) is 17.3 Å². The van der Waals surface area contributed by atoms with Crippen molar-refractivity contribution in [3.8, 4) is 11.3 Å². The number of carbonyl (C=O) groups is 1. The Hall–Kier alpha value is -2.18. The van der Waals surface area contributed by atoms with Gasteiger partial charge in [0, 0.05) is 31.7 Å². The SMILES string of the molecule is CCCCNCC(=O)N1CCN(c2ccc(-c3ccccc3Cl)nn2)CC1. The maximum atomic E-state index is 12.2. The molecule has 1 N–H and O–H groups in total. The van der Waals surface area contributed by atoms with Gasteiger partial charge in [-0.05, 0) is 31.2 Å². The maximum Gasteiger partial charge on any atom is 0.236 e. The van der Waals surface area contributed by atoms with E-state index in [0.717, 1.165) is 49.6 Å². The first-order valence-electron chi connectivity index (χ1n) is 9.51. The topological polar surface area (TPSA) is 61.4 Å². The first-order chi connectivity index (χ1) is 13.2. The standard InChI is InChI=1S/C20H26ClN5O/c1-2-3-10-22-15-20(27)26-13-11-25(12-14-26)19-9-8-18(23-24-19)16-6-4-5-7-17(16)21/h4-9,22H,2-3,10-15H2,1H3. The fourth-order valence-electron chi connectivity index (χ4n) is 3.10. The zero-order valence-corrected chi connectivity index (χ0v) is 16.5. The number of carbonyl (C=O) groups excluding carboxylic acids is 1. The largest absolute Gasteiger partial charge is 0.352 e. The molecule has 0 spiro atoms. The van der Waals surface area contributed by atoms with Gasteiger partial charge in [0.15, 0.2) is 5.82 Å². The third-order valence-electron chi connectivity index (χ3n) is 4.74. The Bertz CT molecular complexity index is 744. The van der Waals surface area contributed by atoms with Crippen LogP contribution >= 0.6 is 11.6 Å². The van der Waals surface area contributed by atoms with Crippen molar-refractivity contribution in [2.45, 2.75) is 19.8 Å². The van der Waals surface area contributed by atoms with Crippen LogP contribution in [0.25, 0.3) is 11.3 Å². The van der Waals surface area contributed by atoms with Crippen LogP contribution in [0.4, 0.5) is 5.82 Å². The summed E-state index contributed by atoms with van der Waals surface area (Å²) in [6.45, 7) is 6.42. The fourth-order valence-corrected chi connectivity index (χ4v) is 3.33. The van der Waals surface area contributed by atoms with Crippen molar-refractivity contribution < 1.29 is 4.79 Å². The van der Waals surface area contributed by atoms with E-state index in [1.165, 1.54) is 0 Å². The lowest BCUT2D eigenvalue weighted by Gasteiger charge is -2.35. The molecular formula is C20H26ClN5O. The Morgan fingerprint density at radius 3 is 2.56 bits per heavy atom. The Morgan fingerprint density at radius 2 is 1.89 bits per heavy atom. The lowest BCUT2D eigenvalue weighted by Crippen LogP contribution is -2.51. The Kier molecular flexibility index (Phi) is 7.01. The highest BCUT2D eigenvalue weighted by Crippen LogP contribution is 2.26. The van der Waals surface area contributed by atoms with Crippen molar-refractivity contribution in [2.75, 3.05) is 44.2 Å². The molecule has 1 amide bonds. The van der Waals surface area contributed by atoms with E-state index >= 15 is 0 Å². The number of hydrogen-bond donors (Lipinski definition) is 1. The monoisotopic (exact) mass is 387 g/mol.